The molecule has 0 aliphatic carbocycles. The van der Waals surface area contributed by atoms with Crippen LogP contribution >= 0.6 is 7.82 Å². The van der Waals surface area contributed by atoms with E-state index in [-0.39, 0.29) is 34.0 Å². The van der Waals surface area contributed by atoms with Gasteiger partial charge in [-0.2, -0.15) is 0 Å². The van der Waals surface area contributed by atoms with Crippen LogP contribution in [-0.4, -0.2) is 114 Å². The van der Waals surface area contributed by atoms with Gasteiger partial charge in [0.1, 0.15) is 36.6 Å². The fourth-order valence-corrected chi connectivity index (χ4v) is 6.36. The number of anilines is 2. The molecule has 53 heavy (non-hydrogen) atoms. The number of phosphoric ester groups is 1. The SMILES string of the molecule is [N-]=[N+]=Nc1nc(N)c2nc(N=[N+]=[N-])n([C@@H]3O[C@H](COP(=O)(O)O[C@@H]4[C@H](O)[C@@H](CO)O[C@H]4n4c(N=[N+]=[N-])nc5c(N)nc(N=[N+]=[N-])nc54)[C@@H](O)[C@H]3O)c2n1. The van der Waals surface area contributed by atoms with Crippen molar-refractivity contribution < 1.29 is 48.4 Å². The van der Waals surface area contributed by atoms with Gasteiger partial charge in [0, 0.05) is 19.6 Å². The van der Waals surface area contributed by atoms with Crippen molar-refractivity contribution in [1.82, 2.24) is 39.0 Å². The van der Waals surface area contributed by atoms with Crippen molar-refractivity contribution in [3.05, 3.63) is 41.8 Å². The molecule has 9 atom stereocenters. The number of aliphatic hydroxyl groups is 4. The Morgan fingerprint density at radius 2 is 1.23 bits per heavy atom. The first-order valence-corrected chi connectivity index (χ1v) is 15.8. The minimum absolute atomic E-state index is 0.173. The molecule has 0 aromatic carbocycles. The highest BCUT2D eigenvalue weighted by molar-refractivity contribution is 7.47. The second-order valence-electron chi connectivity index (χ2n) is 10.6. The van der Waals surface area contributed by atoms with E-state index in [4.69, 9.17) is 52.1 Å². The molecule has 2 fully saturated rings. The number of imidazole rings is 2. The molecule has 33 heteroatoms. The van der Waals surface area contributed by atoms with E-state index in [1.54, 1.807) is 0 Å². The molecule has 0 bridgehead atoms. The summed E-state index contributed by atoms with van der Waals surface area (Å²) in [5.74, 6) is -2.70. The Kier molecular flexibility index (Phi) is 9.97. The molecular formula is C20H21N22O10P. The van der Waals surface area contributed by atoms with Gasteiger partial charge < -0.3 is 46.3 Å². The molecule has 2 aliphatic heterocycles. The average molecular weight is 761 g/mol. The summed E-state index contributed by atoms with van der Waals surface area (Å²) in [4.78, 5) is 44.7. The van der Waals surface area contributed by atoms with Crippen molar-refractivity contribution in [2.75, 3.05) is 24.7 Å². The first-order valence-electron chi connectivity index (χ1n) is 14.3. The number of fused-ring (bicyclic) bond motifs is 2. The molecule has 0 spiro atoms. The molecule has 32 nitrogen and oxygen atoms in total. The molecule has 276 valence electrons. The van der Waals surface area contributed by atoms with Crippen molar-refractivity contribution in [1.29, 1.82) is 0 Å². The lowest BCUT2D eigenvalue weighted by Gasteiger charge is -2.25. The minimum atomic E-state index is -5.36. The highest BCUT2D eigenvalue weighted by Crippen LogP contribution is 2.51. The van der Waals surface area contributed by atoms with Crippen molar-refractivity contribution in [3.8, 4) is 0 Å². The zero-order chi connectivity index (χ0) is 38.2. The van der Waals surface area contributed by atoms with Crippen LogP contribution < -0.4 is 11.5 Å². The number of nitrogens with two attached hydrogens (primary N) is 2. The van der Waals surface area contributed by atoms with Crippen molar-refractivity contribution in [3.63, 3.8) is 0 Å². The van der Waals surface area contributed by atoms with E-state index >= 15 is 0 Å². The van der Waals surface area contributed by atoms with E-state index < -0.39 is 93.9 Å². The molecular weight excluding hydrogens is 739 g/mol. The number of rotatable bonds is 12. The number of aromatic nitrogens is 8. The number of ether oxygens (including phenoxy) is 2. The van der Waals surface area contributed by atoms with Gasteiger partial charge in [-0.15, -0.1) is 0 Å². The van der Waals surface area contributed by atoms with E-state index in [0.717, 1.165) is 9.13 Å². The largest absolute Gasteiger partial charge is 0.472 e. The predicted molar refractivity (Wildman–Crippen MR) is 168 cm³/mol. The van der Waals surface area contributed by atoms with Crippen LogP contribution in [0.25, 0.3) is 64.1 Å². The second kappa shape index (κ2) is 14.4. The molecule has 1 unspecified atom stereocenters. The molecule has 4 aromatic rings. The van der Waals surface area contributed by atoms with E-state index in [1.165, 1.54) is 0 Å². The van der Waals surface area contributed by atoms with Gasteiger partial charge in [0.15, 0.2) is 46.4 Å². The molecule has 0 amide bonds. The third-order valence-corrected chi connectivity index (χ3v) is 8.59. The molecule has 4 aromatic heterocycles. The van der Waals surface area contributed by atoms with Crippen molar-refractivity contribution in [2.45, 2.75) is 49.1 Å². The third-order valence-electron chi connectivity index (χ3n) is 7.60. The van der Waals surface area contributed by atoms with Crippen LogP contribution in [0.5, 0.6) is 0 Å². The van der Waals surface area contributed by atoms with Crippen LogP contribution in [-0.2, 0) is 23.1 Å². The molecule has 0 saturated carbocycles. The van der Waals surface area contributed by atoms with Gasteiger partial charge in [-0.1, -0.05) is 0 Å². The summed E-state index contributed by atoms with van der Waals surface area (Å²) in [5, 5.41) is 55.9. The molecule has 2 aliphatic rings. The van der Waals surface area contributed by atoms with Crippen LogP contribution in [0.1, 0.15) is 12.5 Å². The quantitative estimate of drug-likeness (QED) is 0.0457. The Morgan fingerprint density at radius 1 is 0.736 bits per heavy atom. The van der Waals surface area contributed by atoms with Gasteiger partial charge in [-0.3, -0.25) is 18.2 Å². The standard InChI is InChI=1S/C20H21N22O10P/c21-11-5-13(31-17(29-11)33-37-23)41(19(27-5)35-39-25)15-9(46)7(44)4(51-15)2-49-53(47,48)52-10-8(45)3(1-43)50-16(10)42-14-6(28-20(42)36-40-26)12(22)30-18(32-14)34-38-24/h3-4,7-10,15-16,43-46H,1-2H2,(H,47,48)(H2,21,29,31)(H2,22,30,32)/t3-,4-,7-,8-,9-,10-,15-,16-/m1/s1. The number of nitrogen functional groups attached to an aromatic ring is 2. The van der Waals surface area contributed by atoms with Crippen molar-refractivity contribution in [2.24, 2.45) is 20.5 Å². The monoisotopic (exact) mass is 760 g/mol. The van der Waals surface area contributed by atoms with E-state index in [0.29, 0.717) is 0 Å². The second-order valence-corrected chi connectivity index (χ2v) is 12.0. The van der Waals surface area contributed by atoms with Gasteiger partial charge in [-0.05, 0) is 42.6 Å². The summed E-state index contributed by atoms with van der Waals surface area (Å²) in [6.07, 6.45) is -14.1. The maximum absolute atomic E-state index is 13.3. The fourth-order valence-electron chi connectivity index (χ4n) is 5.43. The molecule has 0 radical (unpaired) electrons. The van der Waals surface area contributed by atoms with Crippen molar-refractivity contribution >= 4 is 65.6 Å². The Balaban J connectivity index is 1.28. The van der Waals surface area contributed by atoms with Gasteiger partial charge in [0.25, 0.3) is 0 Å². The highest BCUT2D eigenvalue weighted by Gasteiger charge is 2.51. The summed E-state index contributed by atoms with van der Waals surface area (Å²) in [5.41, 5.74) is 46.7. The summed E-state index contributed by atoms with van der Waals surface area (Å²) in [7, 11) is -5.36. The Labute approximate surface area is 289 Å². The lowest BCUT2D eigenvalue weighted by atomic mass is 10.1. The maximum atomic E-state index is 13.3. The van der Waals surface area contributed by atoms with Crippen LogP contribution in [0.4, 0.5) is 35.4 Å². The lowest BCUT2D eigenvalue weighted by molar-refractivity contribution is -0.0608. The highest BCUT2D eigenvalue weighted by atomic mass is 31.2. The van der Waals surface area contributed by atoms with Crippen LogP contribution in [0.3, 0.4) is 0 Å². The van der Waals surface area contributed by atoms with Gasteiger partial charge in [0.2, 0.25) is 23.8 Å². The van der Waals surface area contributed by atoms with Crippen LogP contribution in [0.2, 0.25) is 0 Å². The lowest BCUT2D eigenvalue weighted by Crippen LogP contribution is -2.36. The summed E-state index contributed by atoms with van der Waals surface area (Å²) in [6, 6.07) is 0. The Bertz CT molecular complexity index is 2350. The van der Waals surface area contributed by atoms with Gasteiger partial charge in [-0.25, -0.2) is 34.5 Å². The van der Waals surface area contributed by atoms with Gasteiger partial charge >= 0.3 is 7.82 Å². The zero-order valence-electron chi connectivity index (χ0n) is 25.9. The number of aliphatic hydroxyl groups excluding tert-OH is 4. The minimum Gasteiger partial charge on any atom is -0.394 e. The third kappa shape index (κ3) is 6.67. The molecule has 6 heterocycles. The molecule has 6 rings (SSSR count). The Morgan fingerprint density at radius 3 is 1.72 bits per heavy atom. The number of azide groups is 4. The van der Waals surface area contributed by atoms with Crippen LogP contribution in [0, 0.1) is 0 Å². The van der Waals surface area contributed by atoms with Gasteiger partial charge in [0.05, 0.1) is 13.2 Å². The molecule has 2 saturated heterocycles. The summed E-state index contributed by atoms with van der Waals surface area (Å²) < 4.78 is 36.8. The van der Waals surface area contributed by atoms with E-state index in [2.05, 4.69) is 70.0 Å². The number of nitrogens with zero attached hydrogens (tertiary/aromatic N) is 20. The maximum Gasteiger partial charge on any atom is 0.472 e. The van der Waals surface area contributed by atoms with E-state index in [1.807, 2.05) is 0 Å². The normalized spacial score (nSPS) is 26.4. The predicted octanol–water partition coefficient (Wildman–Crippen LogP) is 0.970. The van der Waals surface area contributed by atoms with E-state index in [9.17, 15) is 29.9 Å². The fraction of sp³-hybridized carbons (Fsp3) is 0.500. The first kappa shape index (κ1) is 36.6. The molecule has 9 N–H and O–H groups in total. The number of hydrogen-bond donors (Lipinski definition) is 7. The number of phosphoric acid groups is 1. The smallest absolute Gasteiger partial charge is 0.394 e. The Hall–Kier alpha value is -6.19. The number of hydrogen-bond acceptors (Lipinski definition) is 21. The topological polar surface area (TPSA) is 489 Å². The summed E-state index contributed by atoms with van der Waals surface area (Å²) >= 11 is 0. The summed E-state index contributed by atoms with van der Waals surface area (Å²) in [6.45, 7) is -1.84. The first-order chi connectivity index (χ1) is 25.4. The van der Waals surface area contributed by atoms with Crippen LogP contribution in [0.15, 0.2) is 20.5 Å². The average Bonchev–Trinajstić information content (AvgIpc) is 3.82. The zero-order valence-corrected chi connectivity index (χ0v) is 26.8.